The average molecular weight is 676 g/mol. The topological polar surface area (TPSA) is 157 Å². The van der Waals surface area contributed by atoms with Crippen LogP contribution in [0.5, 0.6) is 0 Å². The van der Waals surface area contributed by atoms with Gasteiger partial charge in [-0.15, -0.1) is 0 Å². The zero-order valence-corrected chi connectivity index (χ0v) is 28.0. The van der Waals surface area contributed by atoms with Crippen LogP contribution in [0.1, 0.15) is 49.9 Å². The van der Waals surface area contributed by atoms with Gasteiger partial charge in [0.2, 0.25) is 0 Å². The van der Waals surface area contributed by atoms with Gasteiger partial charge in [-0.25, -0.2) is 22.9 Å². The van der Waals surface area contributed by atoms with Gasteiger partial charge in [0, 0.05) is 25.2 Å². The normalized spacial score (nSPS) is 19.3. The molecule has 0 bridgehead atoms. The maximum atomic E-state index is 14.9. The predicted octanol–water partition coefficient (Wildman–Crippen LogP) is 5.32. The Hall–Kier alpha value is -4.05. The van der Waals surface area contributed by atoms with Gasteiger partial charge in [-0.1, -0.05) is 27.7 Å². The van der Waals surface area contributed by atoms with Gasteiger partial charge in [-0.2, -0.15) is 0 Å². The van der Waals surface area contributed by atoms with Crippen molar-refractivity contribution in [2.24, 2.45) is 5.92 Å². The van der Waals surface area contributed by atoms with Crippen LogP contribution in [0.2, 0.25) is 18.1 Å². The summed E-state index contributed by atoms with van der Waals surface area (Å²) >= 11 is 0. The first-order chi connectivity index (χ1) is 21.9. The highest BCUT2D eigenvalue weighted by Gasteiger charge is 2.45. The molecule has 3 aromatic rings. The number of aromatic nitrogens is 2. The Labute approximate surface area is 271 Å². The van der Waals surface area contributed by atoms with Crippen LogP contribution >= 0.6 is 0 Å². The van der Waals surface area contributed by atoms with Crippen molar-refractivity contribution in [2.75, 3.05) is 29.9 Å². The summed E-state index contributed by atoms with van der Waals surface area (Å²) in [6, 6.07) is 4.48. The van der Waals surface area contributed by atoms with Crippen LogP contribution in [0, 0.1) is 23.4 Å². The molecule has 0 saturated carbocycles. The van der Waals surface area contributed by atoms with E-state index in [-0.39, 0.29) is 34.4 Å². The Kier molecular flexibility index (Phi) is 10.6. The van der Waals surface area contributed by atoms with Gasteiger partial charge in [0.25, 0.3) is 5.91 Å². The number of aliphatic hydroxyl groups excluding tert-OH is 2. The Morgan fingerprint density at radius 2 is 1.77 bits per heavy atom. The lowest BCUT2D eigenvalue weighted by molar-refractivity contribution is 0.0722. The number of nitrogens with one attached hydrogen (secondary N) is 2. The van der Waals surface area contributed by atoms with E-state index in [1.165, 1.54) is 12.4 Å². The molecule has 2 amide bonds. The minimum absolute atomic E-state index is 0.0994. The van der Waals surface area contributed by atoms with E-state index in [2.05, 4.69) is 54.5 Å². The van der Waals surface area contributed by atoms with Crippen molar-refractivity contribution >= 4 is 31.7 Å². The largest absolute Gasteiger partial charge is 0.465 e. The van der Waals surface area contributed by atoms with E-state index >= 15 is 0 Å². The third-order valence-corrected chi connectivity index (χ3v) is 13.2. The number of aliphatic hydroxyl groups is 2. The fraction of sp³-hybridized carbons (Fsp3) is 0.438. The fourth-order valence-corrected chi connectivity index (χ4v) is 6.70. The Morgan fingerprint density at radius 3 is 2.36 bits per heavy atom. The molecule has 1 aromatic carbocycles. The summed E-state index contributed by atoms with van der Waals surface area (Å²) in [6.45, 7) is 12.4. The molecule has 0 spiro atoms. The number of anilines is 2. The lowest BCUT2D eigenvalue weighted by Gasteiger charge is -2.48. The van der Waals surface area contributed by atoms with E-state index in [1.807, 2.05) is 11.8 Å². The van der Waals surface area contributed by atoms with Crippen LogP contribution in [-0.2, 0) is 4.43 Å². The number of amides is 2. The van der Waals surface area contributed by atoms with Gasteiger partial charge in [0.05, 0.1) is 41.9 Å². The lowest BCUT2D eigenvalue weighted by atomic mass is 9.92. The molecule has 0 unspecified atom stereocenters. The number of piperidine rings is 1. The second kappa shape index (κ2) is 14.0. The quantitative estimate of drug-likeness (QED) is 0.189. The number of halogens is 3. The molecule has 1 aliphatic rings. The van der Waals surface area contributed by atoms with E-state index in [4.69, 9.17) is 9.53 Å². The summed E-state index contributed by atoms with van der Waals surface area (Å²) in [5, 5.41) is 33.7. The molecule has 2 aromatic heterocycles. The first kappa shape index (κ1) is 35.8. The highest BCUT2D eigenvalue weighted by Crippen LogP contribution is 2.40. The zero-order chi connectivity index (χ0) is 34.8. The van der Waals surface area contributed by atoms with Crippen LogP contribution in [-0.4, -0.2) is 77.4 Å². The van der Waals surface area contributed by atoms with E-state index in [0.29, 0.717) is 12.2 Å². The molecule has 1 saturated heterocycles. The number of carbonyl (C=O) groups excluding carboxylic acids is 1. The summed E-state index contributed by atoms with van der Waals surface area (Å²) in [5.74, 6) is -4.53. The number of hydrogen-bond acceptors (Lipinski definition) is 8. The number of carbonyl (C=O) groups is 2. The number of nitrogens with zero attached hydrogens (tertiary/aromatic N) is 3. The molecule has 47 heavy (non-hydrogen) atoms. The molecule has 254 valence electrons. The van der Waals surface area contributed by atoms with E-state index in [9.17, 15) is 33.0 Å². The lowest BCUT2D eigenvalue weighted by Crippen LogP contribution is -2.62. The van der Waals surface area contributed by atoms with Crippen LogP contribution in [0.4, 0.5) is 29.3 Å². The van der Waals surface area contributed by atoms with Gasteiger partial charge in [0.15, 0.2) is 8.32 Å². The molecule has 0 radical (unpaired) electrons. The van der Waals surface area contributed by atoms with E-state index < -0.39 is 73.9 Å². The highest BCUT2D eigenvalue weighted by atomic mass is 28.4. The zero-order valence-electron chi connectivity index (χ0n) is 27.0. The molecule has 1 aliphatic heterocycles. The Bertz CT molecular complexity index is 1620. The van der Waals surface area contributed by atoms with E-state index in [0.717, 1.165) is 24.3 Å². The maximum Gasteiger partial charge on any atom is 0.405 e. The van der Waals surface area contributed by atoms with Crippen LogP contribution in [0.25, 0.3) is 11.3 Å². The van der Waals surface area contributed by atoms with Crippen molar-refractivity contribution in [1.29, 1.82) is 0 Å². The van der Waals surface area contributed by atoms with Gasteiger partial charge < -0.3 is 35.3 Å². The molecule has 11 nitrogen and oxygen atoms in total. The predicted molar refractivity (Wildman–Crippen MR) is 172 cm³/mol. The second-order valence-electron chi connectivity index (χ2n) is 13.2. The average Bonchev–Trinajstić information content (AvgIpc) is 2.98. The molecule has 1 fully saturated rings. The number of carboxylic acid groups (broad SMARTS) is 1. The number of hydrogen-bond donors (Lipinski definition) is 5. The van der Waals surface area contributed by atoms with Crippen LogP contribution < -0.4 is 15.5 Å². The molecular weight excluding hydrogens is 635 g/mol. The van der Waals surface area contributed by atoms with Crippen molar-refractivity contribution in [3.63, 3.8) is 0 Å². The summed E-state index contributed by atoms with van der Waals surface area (Å²) in [6.07, 6.45) is -0.228. The third-order valence-electron chi connectivity index (χ3n) is 8.75. The monoisotopic (exact) mass is 675 g/mol. The Morgan fingerprint density at radius 1 is 1.11 bits per heavy atom. The summed E-state index contributed by atoms with van der Waals surface area (Å²) < 4.78 is 51.4. The van der Waals surface area contributed by atoms with Crippen LogP contribution in [0.3, 0.4) is 0 Å². The smallest absolute Gasteiger partial charge is 0.405 e. The minimum atomic E-state index is -2.27. The second-order valence-corrected chi connectivity index (χ2v) is 18.0. The van der Waals surface area contributed by atoms with Crippen molar-refractivity contribution in [3.8, 4) is 11.3 Å². The standard InChI is InChI=1S/C32H40F3N5O6Si/c1-17-14-40(15-24(39-31(44)45)29(17)46-47(5,6)32(2,3)4)25-9-10-36-13-23(25)38-30(43)22-8-7-19(33)28(37-22)27-20(34)11-18(12-21(27)35)26(42)16-41/h7-13,17,24,26,29,39,41-42H,14-16H2,1-6H3,(H,38,43)(H,44,45)/t17-,24+,26+,29+/m0/s1. The molecule has 4 rings (SSSR count). The van der Waals surface area contributed by atoms with Gasteiger partial charge >= 0.3 is 6.09 Å². The summed E-state index contributed by atoms with van der Waals surface area (Å²) in [4.78, 5) is 35.1. The SMILES string of the molecule is C[C@H]1CN(c2ccncc2NC(=O)c2ccc(F)c(-c3c(F)cc([C@H](O)CO)cc3F)n2)C[C@@H](NC(=O)O)[C@@H]1O[Si](C)(C)C(C)(C)C. The van der Waals surface area contributed by atoms with Gasteiger partial charge in [-0.3, -0.25) is 9.78 Å². The summed E-state index contributed by atoms with van der Waals surface area (Å²) in [7, 11) is -2.27. The molecule has 4 atom stereocenters. The summed E-state index contributed by atoms with van der Waals surface area (Å²) in [5.41, 5.74) is -1.44. The van der Waals surface area contributed by atoms with Crippen molar-refractivity contribution < 1.29 is 42.5 Å². The molecular formula is C32H40F3N5O6Si. The number of benzene rings is 1. The number of pyridine rings is 2. The molecule has 5 N–H and O–H groups in total. The van der Waals surface area contributed by atoms with Gasteiger partial charge in [0.1, 0.15) is 34.9 Å². The minimum Gasteiger partial charge on any atom is -0.465 e. The molecule has 3 heterocycles. The first-order valence-corrected chi connectivity index (χ1v) is 18.0. The number of rotatable bonds is 9. The van der Waals surface area contributed by atoms with Crippen molar-refractivity contribution in [3.05, 3.63) is 71.4 Å². The van der Waals surface area contributed by atoms with E-state index in [1.54, 1.807) is 6.07 Å². The van der Waals surface area contributed by atoms with Crippen molar-refractivity contribution in [2.45, 2.75) is 64.1 Å². The maximum absolute atomic E-state index is 14.9. The van der Waals surface area contributed by atoms with Crippen molar-refractivity contribution in [1.82, 2.24) is 15.3 Å². The molecule has 0 aliphatic carbocycles. The highest BCUT2D eigenvalue weighted by molar-refractivity contribution is 6.74. The fourth-order valence-electron chi connectivity index (χ4n) is 5.27. The first-order valence-electron chi connectivity index (χ1n) is 15.1. The molecule has 15 heteroatoms. The third kappa shape index (κ3) is 7.92. The van der Waals surface area contributed by atoms with Gasteiger partial charge in [-0.05, 0) is 54.0 Å². The Balaban J connectivity index is 1.62. The van der Waals surface area contributed by atoms with Crippen LogP contribution in [0.15, 0.2) is 42.7 Å².